The zero-order valence-corrected chi connectivity index (χ0v) is 12.8. The van der Waals surface area contributed by atoms with E-state index in [2.05, 4.69) is 11.8 Å². The second kappa shape index (κ2) is 7.95. The topological polar surface area (TPSA) is 29.5 Å². The molecule has 0 saturated heterocycles. The van der Waals surface area contributed by atoms with Gasteiger partial charge < -0.3 is 9.84 Å². The van der Waals surface area contributed by atoms with Crippen molar-refractivity contribution in [3.63, 3.8) is 0 Å². The van der Waals surface area contributed by atoms with Gasteiger partial charge in [-0.3, -0.25) is 0 Å². The average molecular weight is 321 g/mol. The Morgan fingerprint density at radius 1 is 1.00 bits per heavy atom. The largest absolute Gasteiger partial charge is 0.489 e. The number of ether oxygens (including phenoxy) is 1. The first kappa shape index (κ1) is 15.7. The Balaban J connectivity index is 1.96. The molecule has 2 nitrogen and oxygen atoms in total. The van der Waals surface area contributed by atoms with Gasteiger partial charge >= 0.3 is 0 Å². The lowest BCUT2D eigenvalue weighted by Gasteiger charge is -2.07. The highest BCUT2D eigenvalue weighted by molar-refractivity contribution is 6.34. The molecule has 21 heavy (non-hydrogen) atoms. The molecule has 0 aliphatic carbocycles. The van der Waals surface area contributed by atoms with Crippen molar-refractivity contribution in [2.45, 2.75) is 13.0 Å². The lowest BCUT2D eigenvalue weighted by atomic mass is 10.1. The van der Waals surface area contributed by atoms with Gasteiger partial charge in [-0.25, -0.2) is 0 Å². The van der Waals surface area contributed by atoms with Crippen LogP contribution in [-0.2, 0) is 6.61 Å². The molecule has 0 atom stereocenters. The van der Waals surface area contributed by atoms with Crippen LogP contribution in [0.25, 0.3) is 0 Å². The summed E-state index contributed by atoms with van der Waals surface area (Å²) >= 11 is 11.8. The van der Waals surface area contributed by atoms with Crippen LogP contribution in [0.4, 0.5) is 0 Å². The van der Waals surface area contributed by atoms with Crippen molar-refractivity contribution in [1.82, 2.24) is 0 Å². The lowest BCUT2D eigenvalue weighted by Crippen LogP contribution is -1.95. The highest BCUT2D eigenvalue weighted by Gasteiger charge is 2.00. The fourth-order valence-corrected chi connectivity index (χ4v) is 2.19. The molecule has 0 saturated carbocycles. The molecule has 2 rings (SSSR count). The van der Waals surface area contributed by atoms with Crippen LogP contribution in [0.3, 0.4) is 0 Å². The highest BCUT2D eigenvalue weighted by Crippen LogP contribution is 2.24. The van der Waals surface area contributed by atoms with Crippen molar-refractivity contribution >= 4 is 23.2 Å². The first-order valence-electron chi connectivity index (χ1n) is 6.45. The molecule has 0 fully saturated rings. The summed E-state index contributed by atoms with van der Waals surface area (Å²) in [5, 5.41) is 9.76. The van der Waals surface area contributed by atoms with E-state index >= 15 is 0 Å². The zero-order valence-electron chi connectivity index (χ0n) is 11.3. The Morgan fingerprint density at radius 2 is 1.67 bits per heavy atom. The van der Waals surface area contributed by atoms with Crippen LogP contribution < -0.4 is 4.74 Å². The Bertz CT molecular complexity index is 634. The van der Waals surface area contributed by atoms with Gasteiger partial charge in [-0.05, 0) is 35.9 Å². The number of rotatable bonds is 4. The maximum atomic E-state index is 8.67. The molecule has 0 aliphatic heterocycles. The van der Waals surface area contributed by atoms with Gasteiger partial charge in [-0.15, -0.1) is 0 Å². The van der Waals surface area contributed by atoms with E-state index in [1.54, 1.807) is 18.2 Å². The number of benzene rings is 2. The van der Waals surface area contributed by atoms with Gasteiger partial charge in [0.15, 0.2) is 0 Å². The first-order valence-corrected chi connectivity index (χ1v) is 7.20. The maximum Gasteiger partial charge on any atom is 0.122 e. The summed E-state index contributed by atoms with van der Waals surface area (Å²) < 4.78 is 5.65. The minimum atomic E-state index is 0.0844. The van der Waals surface area contributed by atoms with E-state index in [0.717, 1.165) is 11.1 Å². The van der Waals surface area contributed by atoms with Crippen molar-refractivity contribution in [1.29, 1.82) is 0 Å². The van der Waals surface area contributed by atoms with Gasteiger partial charge in [0.25, 0.3) is 0 Å². The molecule has 2 aromatic rings. The van der Waals surface area contributed by atoms with Crippen molar-refractivity contribution in [2.75, 3.05) is 6.61 Å². The second-order valence-electron chi connectivity index (χ2n) is 4.37. The van der Waals surface area contributed by atoms with Gasteiger partial charge in [0.05, 0.1) is 6.61 Å². The molecular formula is C17H14Cl2O2. The quantitative estimate of drug-likeness (QED) is 0.851. The van der Waals surface area contributed by atoms with E-state index in [4.69, 9.17) is 33.0 Å². The van der Waals surface area contributed by atoms with Crippen LogP contribution in [0.2, 0.25) is 10.0 Å². The molecule has 0 unspecified atom stereocenters. The lowest BCUT2D eigenvalue weighted by molar-refractivity contribution is 0.305. The summed E-state index contributed by atoms with van der Waals surface area (Å²) in [5.74, 6) is 6.49. The summed E-state index contributed by atoms with van der Waals surface area (Å²) in [6.45, 7) is 0.516. The van der Waals surface area contributed by atoms with E-state index in [-0.39, 0.29) is 6.61 Å². The van der Waals surface area contributed by atoms with Gasteiger partial charge in [-0.2, -0.15) is 0 Å². The van der Waals surface area contributed by atoms with E-state index in [9.17, 15) is 0 Å². The van der Waals surface area contributed by atoms with Gasteiger partial charge in [0, 0.05) is 22.0 Å². The van der Waals surface area contributed by atoms with Crippen molar-refractivity contribution in [3.8, 4) is 17.6 Å². The highest BCUT2D eigenvalue weighted by atomic mass is 35.5. The fourth-order valence-electron chi connectivity index (χ4n) is 1.68. The zero-order chi connectivity index (χ0) is 15.1. The first-order chi connectivity index (χ1) is 10.2. The predicted octanol–water partition coefficient (Wildman–Crippen LogP) is 4.31. The molecule has 0 bridgehead atoms. The third-order valence-corrected chi connectivity index (χ3v) is 3.10. The Morgan fingerprint density at radius 3 is 2.29 bits per heavy atom. The SMILES string of the molecule is OCCC#Cc1ccc(COc2cc(Cl)cc(Cl)c2)cc1. The second-order valence-corrected chi connectivity index (χ2v) is 5.24. The van der Waals surface area contributed by atoms with Crippen molar-refractivity contribution in [2.24, 2.45) is 0 Å². The fraction of sp³-hybridized carbons (Fsp3) is 0.176. The standard InChI is InChI=1S/C17H14Cl2O2/c18-15-9-16(19)11-17(10-15)21-12-14-6-4-13(5-7-14)3-1-2-8-20/h4-7,9-11,20H,2,8,12H2. The average Bonchev–Trinajstić information content (AvgIpc) is 2.46. The van der Waals surface area contributed by atoms with Gasteiger partial charge in [0.2, 0.25) is 0 Å². The predicted molar refractivity (Wildman–Crippen MR) is 85.8 cm³/mol. The number of aliphatic hydroxyl groups excluding tert-OH is 1. The van der Waals surface area contributed by atoms with E-state index in [0.29, 0.717) is 28.8 Å². The molecule has 4 heteroatoms. The van der Waals surface area contributed by atoms with Crippen LogP contribution in [0.15, 0.2) is 42.5 Å². The molecule has 2 aromatic carbocycles. The molecule has 0 heterocycles. The van der Waals surface area contributed by atoms with Crippen LogP contribution in [0, 0.1) is 11.8 Å². The minimum absolute atomic E-state index is 0.0844. The Hall–Kier alpha value is -1.66. The minimum Gasteiger partial charge on any atom is -0.489 e. The molecular weight excluding hydrogens is 307 g/mol. The summed E-state index contributed by atoms with van der Waals surface area (Å²) in [6, 6.07) is 12.9. The smallest absolute Gasteiger partial charge is 0.122 e. The summed E-state index contributed by atoms with van der Waals surface area (Å²) in [7, 11) is 0. The summed E-state index contributed by atoms with van der Waals surface area (Å²) in [4.78, 5) is 0. The van der Waals surface area contributed by atoms with Crippen molar-refractivity contribution < 1.29 is 9.84 Å². The van der Waals surface area contributed by atoms with E-state index in [1.807, 2.05) is 24.3 Å². The van der Waals surface area contributed by atoms with Crippen LogP contribution in [0.1, 0.15) is 17.5 Å². The van der Waals surface area contributed by atoms with Crippen LogP contribution >= 0.6 is 23.2 Å². The van der Waals surface area contributed by atoms with Crippen molar-refractivity contribution in [3.05, 3.63) is 63.6 Å². The molecule has 0 spiro atoms. The van der Waals surface area contributed by atoms with Crippen LogP contribution in [-0.4, -0.2) is 11.7 Å². The molecule has 0 amide bonds. The Kier molecular flexibility index (Phi) is 5.95. The normalized spacial score (nSPS) is 9.86. The third kappa shape index (κ3) is 5.32. The summed E-state index contributed by atoms with van der Waals surface area (Å²) in [6.07, 6.45) is 0.486. The maximum absolute atomic E-state index is 8.67. The number of hydrogen-bond acceptors (Lipinski definition) is 2. The number of hydrogen-bond donors (Lipinski definition) is 1. The number of aliphatic hydroxyl groups is 1. The third-order valence-electron chi connectivity index (χ3n) is 2.67. The monoisotopic (exact) mass is 320 g/mol. The Labute approximate surface area is 134 Å². The van der Waals surface area contributed by atoms with Crippen LogP contribution in [0.5, 0.6) is 5.75 Å². The van der Waals surface area contributed by atoms with Gasteiger partial charge in [0.1, 0.15) is 12.4 Å². The van der Waals surface area contributed by atoms with Gasteiger partial charge in [-0.1, -0.05) is 47.2 Å². The number of halogens is 2. The summed E-state index contributed by atoms with van der Waals surface area (Å²) in [5.41, 5.74) is 1.94. The molecule has 0 aliphatic rings. The molecule has 1 N–H and O–H groups in total. The van der Waals surface area contributed by atoms with E-state index in [1.165, 1.54) is 0 Å². The molecule has 0 aromatic heterocycles. The van der Waals surface area contributed by atoms with E-state index < -0.39 is 0 Å². The molecule has 108 valence electrons. The molecule has 0 radical (unpaired) electrons.